The molecule has 0 saturated heterocycles. The molecule has 0 fully saturated rings. The molecule has 0 N–H and O–H groups in total. The molecule has 0 radical (unpaired) electrons. The molecule has 4 rings (SSSR count). The Morgan fingerprint density at radius 3 is 2.91 bits per heavy atom. The minimum absolute atomic E-state index is 0. The van der Waals surface area contributed by atoms with E-state index in [2.05, 4.69) is 30.4 Å². The maximum Gasteiger partial charge on any atom is 1.00 e. The predicted molar refractivity (Wildman–Crippen MR) is 40.1 cm³/mol. The Labute approximate surface area is 77.9 Å². The summed E-state index contributed by atoms with van der Waals surface area (Å²) in [6.07, 6.45) is 13.9. The van der Waals surface area contributed by atoms with Crippen LogP contribution >= 0.6 is 0 Å². The molecule has 1 heteroatoms. The van der Waals surface area contributed by atoms with E-state index < -0.39 is 0 Å². The zero-order valence-corrected chi connectivity index (χ0v) is 6.39. The fraction of sp³-hybridized carbons (Fsp3) is 0. The van der Waals surface area contributed by atoms with Crippen LogP contribution in [0.4, 0.5) is 0 Å². The molecule has 0 aliphatic heterocycles. The van der Waals surface area contributed by atoms with Gasteiger partial charge in [-0.2, -0.15) is 5.57 Å². The molecule has 46 valence electrons. The summed E-state index contributed by atoms with van der Waals surface area (Å²) in [6, 6.07) is 0. The van der Waals surface area contributed by atoms with Gasteiger partial charge in [0.1, 0.15) is 0 Å². The van der Waals surface area contributed by atoms with E-state index in [9.17, 15) is 0 Å². The van der Waals surface area contributed by atoms with Crippen LogP contribution in [0.3, 0.4) is 0 Å². The second-order valence-electron chi connectivity index (χ2n) is 2.66. The summed E-state index contributed by atoms with van der Waals surface area (Å²) in [5.74, 6) is 0. The SMILES string of the molecule is [C-]1=CC2=CC=C3C1=C3C=C2.[Li+]. The van der Waals surface area contributed by atoms with E-state index in [1.54, 1.807) is 0 Å². The van der Waals surface area contributed by atoms with Gasteiger partial charge >= 0.3 is 18.9 Å². The van der Waals surface area contributed by atoms with Crippen LogP contribution in [-0.4, -0.2) is 0 Å². The van der Waals surface area contributed by atoms with Crippen LogP contribution in [0.2, 0.25) is 0 Å². The number of fused-ring (bicyclic) bond motifs is 1. The van der Waals surface area contributed by atoms with Crippen molar-refractivity contribution in [1.82, 2.24) is 0 Å². The molecule has 0 heterocycles. The van der Waals surface area contributed by atoms with E-state index in [0.717, 1.165) is 0 Å². The molecule has 4 bridgehead atoms. The Morgan fingerprint density at radius 1 is 1.09 bits per heavy atom. The third-order valence-electron chi connectivity index (χ3n) is 2.03. The van der Waals surface area contributed by atoms with Crippen LogP contribution in [0.1, 0.15) is 0 Å². The van der Waals surface area contributed by atoms with Gasteiger partial charge in [-0.1, -0.05) is 5.57 Å². The molecule has 11 heavy (non-hydrogen) atoms. The number of allylic oxidation sites excluding steroid dienone is 10. The molecule has 0 saturated carbocycles. The van der Waals surface area contributed by atoms with Gasteiger partial charge in [-0.25, -0.2) is 0 Å². The van der Waals surface area contributed by atoms with Crippen LogP contribution in [0, 0.1) is 6.08 Å². The molecule has 0 unspecified atom stereocenters. The maximum absolute atomic E-state index is 3.24. The second-order valence-corrected chi connectivity index (χ2v) is 2.66. The van der Waals surface area contributed by atoms with Gasteiger partial charge in [0.15, 0.2) is 0 Å². The van der Waals surface area contributed by atoms with Crippen molar-refractivity contribution in [1.29, 1.82) is 0 Å². The van der Waals surface area contributed by atoms with E-state index in [0.29, 0.717) is 0 Å². The Kier molecular flexibility index (Phi) is 1.36. The largest absolute Gasteiger partial charge is 1.00 e. The minimum atomic E-state index is 0. The first-order valence-electron chi connectivity index (χ1n) is 3.40. The zero-order valence-electron chi connectivity index (χ0n) is 6.39. The van der Waals surface area contributed by atoms with Crippen molar-refractivity contribution in [2.24, 2.45) is 0 Å². The third-order valence-corrected chi connectivity index (χ3v) is 2.03. The summed E-state index contributed by atoms with van der Waals surface area (Å²) in [5.41, 5.74) is 5.31. The Morgan fingerprint density at radius 2 is 2.00 bits per heavy atom. The van der Waals surface area contributed by atoms with Crippen LogP contribution in [0.5, 0.6) is 0 Å². The van der Waals surface area contributed by atoms with Crippen LogP contribution < -0.4 is 18.9 Å². The molecule has 4 aliphatic rings. The first-order valence-corrected chi connectivity index (χ1v) is 3.40. The van der Waals surface area contributed by atoms with Gasteiger partial charge in [0, 0.05) is 0 Å². The summed E-state index contributed by atoms with van der Waals surface area (Å²) in [5, 5.41) is 0. The van der Waals surface area contributed by atoms with Crippen molar-refractivity contribution < 1.29 is 18.9 Å². The fourth-order valence-corrected chi connectivity index (χ4v) is 1.39. The van der Waals surface area contributed by atoms with Gasteiger partial charge < -0.3 is 0 Å². The van der Waals surface area contributed by atoms with Crippen LogP contribution in [0.15, 0.2) is 52.7 Å². The first kappa shape index (κ1) is 6.97. The van der Waals surface area contributed by atoms with Gasteiger partial charge in [-0.05, 0) is 0 Å². The van der Waals surface area contributed by atoms with E-state index in [4.69, 9.17) is 0 Å². The topological polar surface area (TPSA) is 0 Å². The van der Waals surface area contributed by atoms with Gasteiger partial charge in [0.25, 0.3) is 0 Å². The molecular formula is C10H5Li. The molecule has 4 aliphatic carbocycles. The predicted octanol–water partition coefficient (Wildman–Crippen LogP) is -0.904. The minimum Gasteiger partial charge on any atom is -0.153 e. The summed E-state index contributed by atoms with van der Waals surface area (Å²) >= 11 is 0. The fourth-order valence-electron chi connectivity index (χ4n) is 1.39. The van der Waals surface area contributed by atoms with E-state index in [1.807, 2.05) is 6.08 Å². The van der Waals surface area contributed by atoms with Crippen molar-refractivity contribution >= 4 is 0 Å². The van der Waals surface area contributed by atoms with E-state index in [1.165, 1.54) is 22.3 Å². The van der Waals surface area contributed by atoms with Crippen molar-refractivity contribution in [3.05, 3.63) is 58.7 Å². The van der Waals surface area contributed by atoms with Crippen molar-refractivity contribution in [3.8, 4) is 0 Å². The second kappa shape index (κ2) is 2.14. The number of rotatable bonds is 0. The van der Waals surface area contributed by atoms with E-state index in [-0.39, 0.29) is 18.9 Å². The van der Waals surface area contributed by atoms with Crippen molar-refractivity contribution in [3.63, 3.8) is 0 Å². The van der Waals surface area contributed by atoms with Crippen LogP contribution in [-0.2, 0) is 0 Å². The molecular weight excluding hydrogens is 127 g/mol. The molecule has 0 atom stereocenters. The monoisotopic (exact) mass is 132 g/mol. The summed E-state index contributed by atoms with van der Waals surface area (Å²) in [4.78, 5) is 0. The van der Waals surface area contributed by atoms with Crippen molar-refractivity contribution in [2.75, 3.05) is 0 Å². The molecule has 0 aromatic rings. The maximum atomic E-state index is 3.24. The average molecular weight is 132 g/mol. The number of hydrogen-bond donors (Lipinski definition) is 0. The van der Waals surface area contributed by atoms with Gasteiger partial charge in [-0.3, -0.25) is 0 Å². The summed E-state index contributed by atoms with van der Waals surface area (Å²) < 4.78 is 0. The first-order chi connectivity index (χ1) is 4.95. The molecule has 0 spiro atoms. The molecule has 0 aromatic carbocycles. The smallest absolute Gasteiger partial charge is 0.153 e. The molecule has 0 nitrogen and oxygen atoms in total. The zero-order chi connectivity index (χ0) is 6.55. The van der Waals surface area contributed by atoms with Gasteiger partial charge in [0.05, 0.1) is 0 Å². The Bertz CT molecular complexity index is 326. The van der Waals surface area contributed by atoms with Gasteiger partial charge in [0.2, 0.25) is 0 Å². The van der Waals surface area contributed by atoms with E-state index >= 15 is 0 Å². The van der Waals surface area contributed by atoms with Gasteiger partial charge in [-0.15, -0.1) is 47.6 Å². The van der Waals surface area contributed by atoms with Crippen molar-refractivity contribution in [2.45, 2.75) is 0 Å². The molecule has 0 amide bonds. The standard InChI is InChI=1S/C10H5.Li/c1-4-8-9-5-2-7(1)3-6-10(8)9;/h1-5H;/q-1;+1. The molecule has 0 aromatic heterocycles. The summed E-state index contributed by atoms with van der Waals surface area (Å²) in [7, 11) is 0. The normalized spacial score (nSPS) is 21.8. The Balaban J connectivity index is 0.000000480. The third kappa shape index (κ3) is 0.839. The quantitative estimate of drug-likeness (QED) is 0.296. The summed E-state index contributed by atoms with van der Waals surface area (Å²) in [6.45, 7) is 0. The Hall–Kier alpha value is -0.703. The number of hydrogen-bond acceptors (Lipinski definition) is 0. The van der Waals surface area contributed by atoms with Crippen LogP contribution in [0.25, 0.3) is 0 Å². The average Bonchev–Trinajstić information content (AvgIpc) is 2.67.